The number of para-hydroxylation sites is 2. The van der Waals surface area contributed by atoms with Gasteiger partial charge in [0, 0.05) is 0 Å². The summed E-state index contributed by atoms with van der Waals surface area (Å²) in [5, 5.41) is 2.56. The molecule has 2 aromatic carbocycles. The zero-order valence-electron chi connectivity index (χ0n) is 11.9. The van der Waals surface area contributed by atoms with Gasteiger partial charge >= 0.3 is 0 Å². The molecule has 3 nitrogen and oxygen atoms in total. The van der Waals surface area contributed by atoms with E-state index in [2.05, 4.69) is 12.2 Å². The fourth-order valence-corrected chi connectivity index (χ4v) is 1.86. The maximum Gasteiger partial charge on any atom is 0.259 e. The van der Waals surface area contributed by atoms with Gasteiger partial charge in [-0.1, -0.05) is 37.6 Å². The minimum absolute atomic E-state index is 0.158. The van der Waals surface area contributed by atoms with Crippen molar-refractivity contribution in [2.75, 3.05) is 11.9 Å². The van der Waals surface area contributed by atoms with Crippen molar-refractivity contribution in [2.45, 2.75) is 19.8 Å². The van der Waals surface area contributed by atoms with Crippen molar-refractivity contribution in [3.63, 3.8) is 0 Å². The highest BCUT2D eigenvalue weighted by atomic mass is 19.1. The number of amides is 1. The maximum absolute atomic E-state index is 13.6. The summed E-state index contributed by atoms with van der Waals surface area (Å²) >= 11 is 0. The van der Waals surface area contributed by atoms with Gasteiger partial charge in [-0.05, 0) is 30.7 Å². The third-order valence-corrected chi connectivity index (χ3v) is 3.01. The number of carbonyl (C=O) groups is 1. The lowest BCUT2D eigenvalue weighted by Crippen LogP contribution is -2.14. The van der Waals surface area contributed by atoms with Crippen LogP contribution in [0.2, 0.25) is 0 Å². The summed E-state index contributed by atoms with van der Waals surface area (Å²) in [7, 11) is 0. The molecule has 0 aliphatic carbocycles. The second-order valence-corrected chi connectivity index (χ2v) is 4.63. The van der Waals surface area contributed by atoms with Crippen LogP contribution in [0.1, 0.15) is 30.1 Å². The lowest BCUT2D eigenvalue weighted by molar-refractivity contribution is 0.102. The first-order chi connectivity index (χ1) is 10.2. The summed E-state index contributed by atoms with van der Waals surface area (Å²) in [6, 6.07) is 13.0. The molecule has 0 radical (unpaired) electrons. The third kappa shape index (κ3) is 4.05. The van der Waals surface area contributed by atoms with Gasteiger partial charge in [0.15, 0.2) is 0 Å². The Balaban J connectivity index is 2.13. The van der Waals surface area contributed by atoms with Crippen molar-refractivity contribution in [3.8, 4) is 5.75 Å². The van der Waals surface area contributed by atoms with Crippen LogP contribution in [-0.4, -0.2) is 12.5 Å². The van der Waals surface area contributed by atoms with E-state index < -0.39 is 5.82 Å². The molecule has 0 atom stereocenters. The molecule has 2 aromatic rings. The fraction of sp³-hybridized carbons (Fsp3) is 0.235. The molecule has 0 aromatic heterocycles. The average Bonchev–Trinajstić information content (AvgIpc) is 2.50. The van der Waals surface area contributed by atoms with Gasteiger partial charge in [0.05, 0.1) is 17.9 Å². The highest BCUT2D eigenvalue weighted by Crippen LogP contribution is 2.21. The smallest absolute Gasteiger partial charge is 0.259 e. The number of carbonyl (C=O) groups excluding carboxylic acids is 1. The second kappa shape index (κ2) is 7.43. The van der Waals surface area contributed by atoms with Crippen molar-refractivity contribution >= 4 is 11.6 Å². The summed E-state index contributed by atoms with van der Waals surface area (Å²) < 4.78 is 19.2. The minimum Gasteiger partial charge on any atom is -0.493 e. The predicted octanol–water partition coefficient (Wildman–Crippen LogP) is 4.26. The molecule has 1 amide bonds. The van der Waals surface area contributed by atoms with E-state index in [0.29, 0.717) is 17.9 Å². The topological polar surface area (TPSA) is 38.3 Å². The Morgan fingerprint density at radius 2 is 1.86 bits per heavy atom. The van der Waals surface area contributed by atoms with E-state index in [-0.39, 0.29) is 11.6 Å². The van der Waals surface area contributed by atoms with Crippen LogP contribution in [0.4, 0.5) is 10.1 Å². The quantitative estimate of drug-likeness (QED) is 0.806. The molecule has 4 heteroatoms. The van der Waals surface area contributed by atoms with Crippen molar-refractivity contribution in [1.29, 1.82) is 0 Å². The molecule has 0 spiro atoms. The predicted molar refractivity (Wildman–Crippen MR) is 81.2 cm³/mol. The largest absolute Gasteiger partial charge is 0.493 e. The fourth-order valence-electron chi connectivity index (χ4n) is 1.86. The van der Waals surface area contributed by atoms with Gasteiger partial charge in [0.25, 0.3) is 5.91 Å². The van der Waals surface area contributed by atoms with Gasteiger partial charge in [-0.25, -0.2) is 4.39 Å². The number of benzene rings is 2. The molecule has 0 unspecified atom stereocenters. The number of halogens is 1. The van der Waals surface area contributed by atoms with Crippen LogP contribution in [0, 0.1) is 5.82 Å². The maximum atomic E-state index is 13.6. The second-order valence-electron chi connectivity index (χ2n) is 4.63. The number of ether oxygens (including phenoxy) is 1. The van der Waals surface area contributed by atoms with Crippen LogP contribution in [0.25, 0.3) is 0 Å². The molecule has 0 aliphatic heterocycles. The Kier molecular flexibility index (Phi) is 5.32. The Morgan fingerprint density at radius 3 is 2.62 bits per heavy atom. The van der Waals surface area contributed by atoms with Gasteiger partial charge in [-0.3, -0.25) is 4.79 Å². The van der Waals surface area contributed by atoms with E-state index in [1.165, 1.54) is 12.1 Å². The zero-order valence-corrected chi connectivity index (χ0v) is 11.9. The summed E-state index contributed by atoms with van der Waals surface area (Å²) in [5.41, 5.74) is 0.558. The SMILES string of the molecule is CCCCOc1ccccc1C(=O)Nc1ccccc1F. The number of rotatable bonds is 6. The molecule has 0 fully saturated rings. The molecule has 2 rings (SSSR count). The highest BCUT2D eigenvalue weighted by Gasteiger charge is 2.13. The molecular formula is C17H18FNO2. The van der Waals surface area contributed by atoms with Gasteiger partial charge in [0.2, 0.25) is 0 Å². The van der Waals surface area contributed by atoms with Crippen molar-refractivity contribution in [2.24, 2.45) is 0 Å². The first-order valence-electron chi connectivity index (χ1n) is 7.00. The molecular weight excluding hydrogens is 269 g/mol. The zero-order chi connectivity index (χ0) is 15.1. The van der Waals surface area contributed by atoms with E-state index in [1.807, 2.05) is 0 Å². The Labute approximate surface area is 123 Å². The number of hydrogen-bond acceptors (Lipinski definition) is 2. The summed E-state index contributed by atoms with van der Waals surface area (Å²) in [4.78, 5) is 12.3. The molecule has 0 saturated carbocycles. The minimum atomic E-state index is -0.463. The summed E-state index contributed by atoms with van der Waals surface area (Å²) in [6.07, 6.45) is 1.94. The van der Waals surface area contributed by atoms with Crippen LogP contribution in [0.3, 0.4) is 0 Å². The van der Waals surface area contributed by atoms with Gasteiger partial charge < -0.3 is 10.1 Å². The Morgan fingerprint density at radius 1 is 1.14 bits per heavy atom. The lowest BCUT2D eigenvalue weighted by atomic mass is 10.2. The molecule has 0 heterocycles. The standard InChI is InChI=1S/C17H18FNO2/c1-2-3-12-21-16-11-7-4-8-13(16)17(20)19-15-10-6-5-9-14(15)18/h4-11H,2-3,12H2,1H3,(H,19,20). The van der Waals surface area contributed by atoms with Crippen LogP contribution >= 0.6 is 0 Å². The molecule has 21 heavy (non-hydrogen) atoms. The average molecular weight is 287 g/mol. The number of unbranched alkanes of at least 4 members (excludes halogenated alkanes) is 1. The van der Waals surface area contributed by atoms with E-state index in [4.69, 9.17) is 4.74 Å². The lowest BCUT2D eigenvalue weighted by Gasteiger charge is -2.11. The van der Waals surface area contributed by atoms with Crippen LogP contribution in [0.15, 0.2) is 48.5 Å². The number of nitrogens with one attached hydrogen (secondary N) is 1. The normalized spacial score (nSPS) is 10.2. The Hall–Kier alpha value is -2.36. The molecule has 0 aliphatic rings. The van der Waals surface area contributed by atoms with Gasteiger partial charge in [-0.15, -0.1) is 0 Å². The molecule has 0 saturated heterocycles. The van der Waals surface area contributed by atoms with Crippen molar-refractivity contribution in [1.82, 2.24) is 0 Å². The number of hydrogen-bond donors (Lipinski definition) is 1. The van der Waals surface area contributed by atoms with Crippen LogP contribution in [-0.2, 0) is 0 Å². The molecule has 1 N–H and O–H groups in total. The third-order valence-electron chi connectivity index (χ3n) is 3.01. The highest BCUT2D eigenvalue weighted by molar-refractivity contribution is 6.06. The van der Waals surface area contributed by atoms with Gasteiger partial charge in [-0.2, -0.15) is 0 Å². The summed E-state index contributed by atoms with van der Waals surface area (Å²) in [6.45, 7) is 2.63. The van der Waals surface area contributed by atoms with Crippen molar-refractivity contribution in [3.05, 3.63) is 59.9 Å². The molecule has 0 bridgehead atoms. The van der Waals surface area contributed by atoms with Crippen molar-refractivity contribution < 1.29 is 13.9 Å². The Bertz CT molecular complexity index is 613. The molecule has 110 valence electrons. The monoisotopic (exact) mass is 287 g/mol. The summed E-state index contributed by atoms with van der Waals surface area (Å²) in [5.74, 6) is -0.331. The van der Waals surface area contributed by atoms with Crippen LogP contribution < -0.4 is 10.1 Å². The van der Waals surface area contributed by atoms with Gasteiger partial charge in [0.1, 0.15) is 11.6 Å². The van der Waals surface area contributed by atoms with E-state index in [0.717, 1.165) is 12.8 Å². The first kappa shape index (κ1) is 15.0. The van der Waals surface area contributed by atoms with E-state index in [1.54, 1.807) is 36.4 Å². The van der Waals surface area contributed by atoms with E-state index >= 15 is 0 Å². The first-order valence-corrected chi connectivity index (χ1v) is 7.00. The van der Waals surface area contributed by atoms with E-state index in [9.17, 15) is 9.18 Å². The van der Waals surface area contributed by atoms with Crippen LogP contribution in [0.5, 0.6) is 5.75 Å². The number of anilines is 1.